The van der Waals surface area contributed by atoms with E-state index in [1.807, 2.05) is 0 Å². The Morgan fingerprint density at radius 1 is 1.18 bits per heavy atom. The maximum Gasteiger partial charge on any atom is 0.322 e. The van der Waals surface area contributed by atoms with Crippen molar-refractivity contribution in [3.63, 3.8) is 0 Å². The smallest absolute Gasteiger partial charge is 0.322 e. The zero-order valence-corrected chi connectivity index (χ0v) is 10.9. The summed E-state index contributed by atoms with van der Waals surface area (Å²) in [6.07, 6.45) is 3.51. The largest absolute Gasteiger partial charge is 0.462 e. The molecule has 0 radical (unpaired) electrons. The highest BCUT2D eigenvalue weighted by molar-refractivity contribution is 5.75. The van der Waals surface area contributed by atoms with Crippen molar-refractivity contribution in [1.29, 1.82) is 0 Å². The second kappa shape index (κ2) is 11.8. The van der Waals surface area contributed by atoms with E-state index in [0.717, 1.165) is 19.3 Å². The molecule has 0 aliphatic carbocycles. The standard InChI is InChI=1S/C12H25NO4/c1-3-4-6-11(13)12(14)17-10-9-16-8-5-7-15-2/h11H,3-10,13H2,1-2H3/t11-/m0/s1. The van der Waals surface area contributed by atoms with Gasteiger partial charge < -0.3 is 19.9 Å². The summed E-state index contributed by atoms with van der Waals surface area (Å²) in [7, 11) is 1.65. The molecule has 0 fully saturated rings. The maximum atomic E-state index is 11.4. The fourth-order valence-corrected chi connectivity index (χ4v) is 1.26. The van der Waals surface area contributed by atoms with Crippen LogP contribution < -0.4 is 5.73 Å². The lowest BCUT2D eigenvalue weighted by Gasteiger charge is -2.11. The Bertz CT molecular complexity index is 187. The van der Waals surface area contributed by atoms with Crippen molar-refractivity contribution in [2.45, 2.75) is 38.6 Å². The number of methoxy groups -OCH3 is 1. The minimum atomic E-state index is -0.497. The molecule has 2 N–H and O–H groups in total. The predicted molar refractivity (Wildman–Crippen MR) is 65.8 cm³/mol. The highest BCUT2D eigenvalue weighted by atomic mass is 16.6. The van der Waals surface area contributed by atoms with E-state index in [9.17, 15) is 4.79 Å². The number of carbonyl (C=O) groups is 1. The van der Waals surface area contributed by atoms with E-state index in [1.165, 1.54) is 0 Å². The van der Waals surface area contributed by atoms with Crippen molar-refractivity contribution in [2.24, 2.45) is 5.73 Å². The van der Waals surface area contributed by atoms with Crippen LogP contribution in [0.15, 0.2) is 0 Å². The molecule has 0 spiro atoms. The molecule has 0 unspecified atom stereocenters. The fraction of sp³-hybridized carbons (Fsp3) is 0.917. The summed E-state index contributed by atoms with van der Waals surface area (Å²) >= 11 is 0. The second-order valence-electron chi connectivity index (χ2n) is 3.87. The first kappa shape index (κ1) is 16.4. The minimum Gasteiger partial charge on any atom is -0.462 e. The number of hydrogen-bond acceptors (Lipinski definition) is 5. The highest BCUT2D eigenvalue weighted by Gasteiger charge is 2.13. The molecule has 0 rings (SSSR count). The van der Waals surface area contributed by atoms with Crippen molar-refractivity contribution < 1.29 is 19.0 Å². The average Bonchev–Trinajstić information content (AvgIpc) is 2.34. The van der Waals surface area contributed by atoms with E-state index < -0.39 is 6.04 Å². The van der Waals surface area contributed by atoms with Gasteiger partial charge in [0.05, 0.1) is 6.61 Å². The van der Waals surface area contributed by atoms with Crippen LogP contribution in [-0.4, -0.2) is 45.5 Å². The molecule has 0 bridgehead atoms. The second-order valence-corrected chi connectivity index (χ2v) is 3.87. The van der Waals surface area contributed by atoms with Crippen molar-refractivity contribution in [1.82, 2.24) is 0 Å². The van der Waals surface area contributed by atoms with Gasteiger partial charge in [-0.1, -0.05) is 19.8 Å². The molecule has 5 heteroatoms. The first-order valence-electron chi connectivity index (χ1n) is 6.21. The van der Waals surface area contributed by atoms with Gasteiger partial charge in [0.25, 0.3) is 0 Å². The number of hydrogen-bond donors (Lipinski definition) is 1. The van der Waals surface area contributed by atoms with Crippen molar-refractivity contribution in [3.05, 3.63) is 0 Å². The first-order valence-corrected chi connectivity index (χ1v) is 6.21. The Morgan fingerprint density at radius 2 is 1.94 bits per heavy atom. The van der Waals surface area contributed by atoms with Crippen LogP contribution >= 0.6 is 0 Å². The van der Waals surface area contributed by atoms with Crippen molar-refractivity contribution in [2.75, 3.05) is 33.5 Å². The molecular formula is C12H25NO4. The number of carbonyl (C=O) groups excluding carboxylic acids is 1. The monoisotopic (exact) mass is 247 g/mol. The van der Waals surface area contributed by atoms with E-state index in [0.29, 0.717) is 26.2 Å². The van der Waals surface area contributed by atoms with Crippen LogP contribution in [0.5, 0.6) is 0 Å². The van der Waals surface area contributed by atoms with E-state index in [-0.39, 0.29) is 12.6 Å². The predicted octanol–water partition coefficient (Wildman–Crippen LogP) is 1.10. The van der Waals surface area contributed by atoms with Gasteiger partial charge >= 0.3 is 5.97 Å². The van der Waals surface area contributed by atoms with Gasteiger partial charge in [0, 0.05) is 20.3 Å². The molecule has 1 atom stereocenters. The Kier molecular flexibility index (Phi) is 11.4. The fourth-order valence-electron chi connectivity index (χ4n) is 1.26. The van der Waals surface area contributed by atoms with Gasteiger partial charge in [-0.2, -0.15) is 0 Å². The molecule has 0 aliphatic rings. The Hall–Kier alpha value is -0.650. The third kappa shape index (κ3) is 10.2. The summed E-state index contributed by atoms with van der Waals surface area (Å²) in [6, 6.07) is -0.497. The molecule has 0 heterocycles. The summed E-state index contributed by atoms with van der Waals surface area (Å²) < 4.78 is 15.1. The molecular weight excluding hydrogens is 222 g/mol. The molecule has 0 aromatic heterocycles. The molecule has 0 saturated carbocycles. The van der Waals surface area contributed by atoms with Crippen LogP contribution in [0.1, 0.15) is 32.6 Å². The van der Waals surface area contributed by atoms with Gasteiger partial charge in [0.2, 0.25) is 0 Å². The Morgan fingerprint density at radius 3 is 2.59 bits per heavy atom. The lowest BCUT2D eigenvalue weighted by atomic mass is 10.1. The number of esters is 1. The van der Waals surface area contributed by atoms with Crippen molar-refractivity contribution in [3.8, 4) is 0 Å². The van der Waals surface area contributed by atoms with Gasteiger partial charge in [0.15, 0.2) is 0 Å². The molecule has 0 saturated heterocycles. The summed E-state index contributed by atoms with van der Waals surface area (Å²) in [5, 5.41) is 0. The van der Waals surface area contributed by atoms with Gasteiger partial charge in [-0.15, -0.1) is 0 Å². The van der Waals surface area contributed by atoms with E-state index in [4.69, 9.17) is 19.9 Å². The molecule has 102 valence electrons. The van der Waals surface area contributed by atoms with Crippen LogP contribution in [-0.2, 0) is 19.0 Å². The average molecular weight is 247 g/mol. The lowest BCUT2D eigenvalue weighted by Crippen LogP contribution is -2.32. The van der Waals surface area contributed by atoms with Crippen LogP contribution in [0.25, 0.3) is 0 Å². The van der Waals surface area contributed by atoms with Gasteiger partial charge in [0.1, 0.15) is 12.6 Å². The summed E-state index contributed by atoms with van der Waals surface area (Å²) in [4.78, 5) is 11.4. The zero-order valence-electron chi connectivity index (χ0n) is 10.9. The highest BCUT2D eigenvalue weighted by Crippen LogP contribution is 1.99. The van der Waals surface area contributed by atoms with Crippen molar-refractivity contribution >= 4 is 5.97 Å². The molecule has 0 aliphatic heterocycles. The normalized spacial score (nSPS) is 12.4. The third-order valence-corrected chi connectivity index (χ3v) is 2.28. The molecule has 17 heavy (non-hydrogen) atoms. The topological polar surface area (TPSA) is 70.8 Å². The molecule has 0 amide bonds. The van der Waals surface area contributed by atoms with Crippen LogP contribution in [0.4, 0.5) is 0 Å². The van der Waals surface area contributed by atoms with Gasteiger partial charge in [-0.05, 0) is 12.8 Å². The van der Waals surface area contributed by atoms with E-state index in [2.05, 4.69) is 6.92 Å². The Labute approximate surface area is 104 Å². The SMILES string of the molecule is CCCC[C@H](N)C(=O)OCCOCCCOC. The summed E-state index contributed by atoms with van der Waals surface area (Å²) in [5.41, 5.74) is 5.65. The van der Waals surface area contributed by atoms with Crippen LogP contribution in [0.3, 0.4) is 0 Å². The number of ether oxygens (including phenoxy) is 3. The minimum absolute atomic E-state index is 0.269. The first-order chi connectivity index (χ1) is 8.22. The summed E-state index contributed by atoms with van der Waals surface area (Å²) in [6.45, 7) is 4.04. The summed E-state index contributed by atoms with van der Waals surface area (Å²) in [5.74, 6) is -0.334. The van der Waals surface area contributed by atoms with Gasteiger partial charge in [-0.25, -0.2) is 0 Å². The third-order valence-electron chi connectivity index (χ3n) is 2.28. The molecule has 0 aromatic carbocycles. The number of unbranched alkanes of at least 4 members (excludes halogenated alkanes) is 1. The number of rotatable bonds is 11. The van der Waals surface area contributed by atoms with Crippen LogP contribution in [0.2, 0.25) is 0 Å². The van der Waals surface area contributed by atoms with E-state index in [1.54, 1.807) is 7.11 Å². The van der Waals surface area contributed by atoms with Crippen LogP contribution in [0, 0.1) is 0 Å². The zero-order chi connectivity index (χ0) is 12.9. The van der Waals surface area contributed by atoms with Gasteiger partial charge in [-0.3, -0.25) is 4.79 Å². The quantitative estimate of drug-likeness (QED) is 0.437. The molecule has 0 aromatic rings. The maximum absolute atomic E-state index is 11.4. The van der Waals surface area contributed by atoms with E-state index >= 15 is 0 Å². The number of nitrogens with two attached hydrogens (primary N) is 1. The lowest BCUT2D eigenvalue weighted by molar-refractivity contribution is -0.147. The molecule has 5 nitrogen and oxygen atoms in total. The Balaban J connectivity index is 3.32.